The summed E-state index contributed by atoms with van der Waals surface area (Å²) in [5.74, 6) is 0.483. The molecule has 1 aromatic heterocycles. The van der Waals surface area contributed by atoms with Crippen LogP contribution in [0.3, 0.4) is 0 Å². The summed E-state index contributed by atoms with van der Waals surface area (Å²) in [6.45, 7) is 4.61. The summed E-state index contributed by atoms with van der Waals surface area (Å²) in [5.41, 5.74) is 2.20. The largest absolute Gasteiger partial charge is 0.350 e. The van der Waals surface area contributed by atoms with E-state index in [1.165, 1.54) is 5.56 Å². The Kier molecular flexibility index (Phi) is 5.30. The predicted molar refractivity (Wildman–Crippen MR) is 82.7 cm³/mol. The predicted octanol–water partition coefficient (Wildman–Crippen LogP) is 3.40. The second kappa shape index (κ2) is 7.20. The Morgan fingerprint density at radius 3 is 2.75 bits per heavy atom. The van der Waals surface area contributed by atoms with E-state index in [1.807, 2.05) is 37.4 Å². The molecule has 20 heavy (non-hydrogen) atoms. The molecule has 0 aliphatic rings. The number of rotatable bonds is 6. The third-order valence-corrected chi connectivity index (χ3v) is 3.76. The maximum absolute atomic E-state index is 11.6. The van der Waals surface area contributed by atoms with Gasteiger partial charge >= 0.3 is 0 Å². The van der Waals surface area contributed by atoms with E-state index in [1.54, 1.807) is 11.3 Å². The summed E-state index contributed by atoms with van der Waals surface area (Å²) < 4.78 is 0. The van der Waals surface area contributed by atoms with Gasteiger partial charge < -0.3 is 5.32 Å². The zero-order valence-corrected chi connectivity index (χ0v) is 12.7. The molecule has 1 aromatic carbocycles. The number of hydrogen-bond acceptors (Lipinski definition) is 3. The van der Waals surface area contributed by atoms with E-state index in [0.29, 0.717) is 18.9 Å². The molecule has 0 aliphatic carbocycles. The molecule has 1 amide bonds. The van der Waals surface area contributed by atoms with Crippen LogP contribution in [0.25, 0.3) is 0 Å². The lowest BCUT2D eigenvalue weighted by atomic mass is 10.1. The molecule has 0 unspecified atom stereocenters. The first-order chi connectivity index (χ1) is 9.63. The van der Waals surface area contributed by atoms with E-state index >= 15 is 0 Å². The quantitative estimate of drug-likeness (QED) is 0.885. The van der Waals surface area contributed by atoms with Crippen molar-refractivity contribution in [2.75, 3.05) is 0 Å². The molecule has 1 N–H and O–H groups in total. The SMILES string of the molecule is CC(C)CC(=O)NCc1csc(Cc2ccccc2)n1. The number of amides is 1. The molecule has 0 atom stereocenters. The Hall–Kier alpha value is -1.68. The molecular formula is C16H20N2OS. The lowest BCUT2D eigenvalue weighted by Gasteiger charge is -2.05. The number of nitrogens with zero attached hydrogens (tertiary/aromatic N) is 1. The Morgan fingerprint density at radius 1 is 1.30 bits per heavy atom. The van der Waals surface area contributed by atoms with E-state index in [9.17, 15) is 4.79 Å². The van der Waals surface area contributed by atoms with E-state index in [0.717, 1.165) is 17.1 Å². The average Bonchev–Trinajstić information content (AvgIpc) is 2.84. The van der Waals surface area contributed by atoms with Crippen LogP contribution in [0.2, 0.25) is 0 Å². The molecule has 0 radical (unpaired) electrons. The van der Waals surface area contributed by atoms with Crippen LogP contribution < -0.4 is 5.32 Å². The average molecular weight is 288 g/mol. The smallest absolute Gasteiger partial charge is 0.220 e. The number of hydrogen-bond donors (Lipinski definition) is 1. The minimum atomic E-state index is 0.0950. The second-order valence-electron chi connectivity index (χ2n) is 5.27. The fourth-order valence-corrected chi connectivity index (χ4v) is 2.74. The van der Waals surface area contributed by atoms with Gasteiger partial charge in [-0.1, -0.05) is 44.2 Å². The Bertz CT molecular complexity index is 549. The number of benzene rings is 1. The first-order valence-corrected chi connectivity index (χ1v) is 7.75. The molecule has 106 valence electrons. The van der Waals surface area contributed by atoms with Crippen molar-refractivity contribution in [3.8, 4) is 0 Å². The summed E-state index contributed by atoms with van der Waals surface area (Å²) in [6.07, 6.45) is 1.42. The highest BCUT2D eigenvalue weighted by Gasteiger charge is 2.07. The molecule has 2 aromatic rings. The van der Waals surface area contributed by atoms with Gasteiger partial charge in [-0.25, -0.2) is 4.98 Å². The molecule has 0 saturated carbocycles. The van der Waals surface area contributed by atoms with Gasteiger partial charge in [0.15, 0.2) is 0 Å². The standard InChI is InChI=1S/C16H20N2OS/c1-12(2)8-15(19)17-10-14-11-20-16(18-14)9-13-6-4-3-5-7-13/h3-7,11-12H,8-10H2,1-2H3,(H,17,19). The van der Waals surface area contributed by atoms with Crippen molar-refractivity contribution in [2.45, 2.75) is 33.2 Å². The normalized spacial score (nSPS) is 10.8. The highest BCUT2D eigenvalue weighted by Crippen LogP contribution is 2.14. The van der Waals surface area contributed by atoms with Crippen LogP contribution in [-0.2, 0) is 17.8 Å². The maximum Gasteiger partial charge on any atom is 0.220 e. The number of nitrogens with one attached hydrogen (secondary N) is 1. The van der Waals surface area contributed by atoms with Gasteiger partial charge in [0.25, 0.3) is 0 Å². The summed E-state index contributed by atoms with van der Waals surface area (Å²) in [4.78, 5) is 16.1. The fourth-order valence-electron chi connectivity index (χ4n) is 1.91. The Balaban J connectivity index is 1.85. The third-order valence-electron chi connectivity index (χ3n) is 2.86. The molecular weight excluding hydrogens is 268 g/mol. The summed E-state index contributed by atoms with van der Waals surface area (Å²) in [5, 5.41) is 6.02. The van der Waals surface area contributed by atoms with Gasteiger partial charge in [-0.15, -0.1) is 11.3 Å². The van der Waals surface area contributed by atoms with Crippen molar-refractivity contribution in [1.82, 2.24) is 10.3 Å². The van der Waals surface area contributed by atoms with E-state index in [2.05, 4.69) is 22.4 Å². The maximum atomic E-state index is 11.6. The molecule has 1 heterocycles. The van der Waals surface area contributed by atoms with Crippen molar-refractivity contribution < 1.29 is 4.79 Å². The van der Waals surface area contributed by atoms with Gasteiger partial charge in [0.1, 0.15) is 0 Å². The van der Waals surface area contributed by atoms with Crippen molar-refractivity contribution in [2.24, 2.45) is 5.92 Å². The van der Waals surface area contributed by atoms with E-state index in [4.69, 9.17) is 0 Å². The topological polar surface area (TPSA) is 42.0 Å². The summed E-state index contributed by atoms with van der Waals surface area (Å²) in [6, 6.07) is 10.3. The summed E-state index contributed by atoms with van der Waals surface area (Å²) >= 11 is 1.65. The van der Waals surface area contributed by atoms with Crippen LogP contribution >= 0.6 is 11.3 Å². The van der Waals surface area contributed by atoms with Crippen molar-refractivity contribution >= 4 is 17.2 Å². The number of carbonyl (C=O) groups is 1. The monoisotopic (exact) mass is 288 g/mol. The molecule has 0 aliphatic heterocycles. The van der Waals surface area contributed by atoms with Crippen molar-refractivity contribution in [3.05, 3.63) is 52.0 Å². The lowest BCUT2D eigenvalue weighted by molar-refractivity contribution is -0.121. The number of carbonyl (C=O) groups excluding carboxylic acids is 1. The molecule has 3 nitrogen and oxygen atoms in total. The minimum absolute atomic E-state index is 0.0950. The molecule has 0 spiro atoms. The minimum Gasteiger partial charge on any atom is -0.350 e. The molecule has 4 heteroatoms. The fraction of sp³-hybridized carbons (Fsp3) is 0.375. The van der Waals surface area contributed by atoms with Crippen LogP contribution in [0.5, 0.6) is 0 Å². The Labute approximate surface area is 124 Å². The highest BCUT2D eigenvalue weighted by molar-refractivity contribution is 7.09. The third kappa shape index (κ3) is 4.78. The van der Waals surface area contributed by atoms with Gasteiger partial charge in [-0.05, 0) is 11.5 Å². The Morgan fingerprint density at radius 2 is 2.05 bits per heavy atom. The first-order valence-electron chi connectivity index (χ1n) is 6.87. The zero-order chi connectivity index (χ0) is 14.4. The van der Waals surface area contributed by atoms with Crippen LogP contribution in [0, 0.1) is 5.92 Å². The molecule has 0 saturated heterocycles. The van der Waals surface area contributed by atoms with Gasteiger partial charge in [0.2, 0.25) is 5.91 Å². The van der Waals surface area contributed by atoms with Gasteiger partial charge in [0.05, 0.1) is 17.2 Å². The van der Waals surface area contributed by atoms with E-state index < -0.39 is 0 Å². The lowest BCUT2D eigenvalue weighted by Crippen LogP contribution is -2.24. The van der Waals surface area contributed by atoms with Crippen molar-refractivity contribution in [1.29, 1.82) is 0 Å². The van der Waals surface area contributed by atoms with Crippen LogP contribution in [0.15, 0.2) is 35.7 Å². The summed E-state index contributed by atoms with van der Waals surface area (Å²) in [7, 11) is 0. The molecule has 0 fully saturated rings. The van der Waals surface area contributed by atoms with Gasteiger partial charge in [-0.3, -0.25) is 4.79 Å². The van der Waals surface area contributed by atoms with Crippen LogP contribution in [0.4, 0.5) is 0 Å². The van der Waals surface area contributed by atoms with Crippen molar-refractivity contribution in [3.63, 3.8) is 0 Å². The van der Waals surface area contributed by atoms with Crippen LogP contribution in [0.1, 0.15) is 36.5 Å². The highest BCUT2D eigenvalue weighted by atomic mass is 32.1. The molecule has 2 rings (SSSR count). The zero-order valence-electron chi connectivity index (χ0n) is 11.9. The van der Waals surface area contributed by atoms with Gasteiger partial charge in [0, 0.05) is 18.2 Å². The number of aromatic nitrogens is 1. The number of thiazole rings is 1. The first kappa shape index (κ1) is 14.7. The van der Waals surface area contributed by atoms with Gasteiger partial charge in [-0.2, -0.15) is 0 Å². The van der Waals surface area contributed by atoms with Crippen LogP contribution in [-0.4, -0.2) is 10.9 Å². The molecule has 0 bridgehead atoms. The van der Waals surface area contributed by atoms with E-state index in [-0.39, 0.29) is 5.91 Å². The second-order valence-corrected chi connectivity index (χ2v) is 6.21.